The Kier molecular flexibility index (Phi) is 8.98. The topological polar surface area (TPSA) is 52.6 Å². The summed E-state index contributed by atoms with van der Waals surface area (Å²) in [5.74, 6) is 1.58. The zero-order valence-electron chi connectivity index (χ0n) is 18.9. The molecule has 2 saturated carbocycles. The molecule has 2 aliphatic rings. The summed E-state index contributed by atoms with van der Waals surface area (Å²) >= 11 is 12.7. The highest BCUT2D eigenvalue weighted by Crippen LogP contribution is 2.46. The van der Waals surface area contributed by atoms with Crippen molar-refractivity contribution in [2.24, 2.45) is 17.8 Å². The molecule has 1 aromatic rings. The number of likely N-dealkylation sites (N-methyl/N-ethyl adjacent to an activating group) is 1. The molecular formula is C23H36Cl2N2O2S. The number of aliphatic hydroxyl groups is 1. The standard InChI is InChI=1S/C17H32N2O2S.C6H4Cl2/c1-11-7-12-8-13(10-17(4,21)9-12)14(11)18-15(20)16(2,3)19(5)22-6;7-5-3-1-2-4-6(5)8/h11-14,21H,7-10H2,1-6H3,(H,18,20);1-4H. The predicted octanol–water partition coefficient (Wildman–Crippen LogP) is 5.66. The van der Waals surface area contributed by atoms with Gasteiger partial charge in [-0.15, -0.1) is 0 Å². The van der Waals surface area contributed by atoms with Crippen molar-refractivity contribution < 1.29 is 9.90 Å². The summed E-state index contributed by atoms with van der Waals surface area (Å²) in [7, 11) is 1.95. The van der Waals surface area contributed by atoms with Crippen molar-refractivity contribution in [1.82, 2.24) is 9.62 Å². The van der Waals surface area contributed by atoms with Crippen LogP contribution in [0.5, 0.6) is 0 Å². The van der Waals surface area contributed by atoms with Crippen LogP contribution in [0.3, 0.4) is 0 Å². The van der Waals surface area contributed by atoms with E-state index in [4.69, 9.17) is 23.2 Å². The number of nitrogens with one attached hydrogen (secondary N) is 1. The lowest BCUT2D eigenvalue weighted by molar-refractivity contribution is -0.132. The predicted molar refractivity (Wildman–Crippen MR) is 129 cm³/mol. The van der Waals surface area contributed by atoms with Crippen molar-refractivity contribution in [3.05, 3.63) is 34.3 Å². The molecule has 2 fully saturated rings. The second kappa shape index (κ2) is 10.4. The third kappa shape index (κ3) is 6.52. The van der Waals surface area contributed by atoms with Crippen LogP contribution in [-0.2, 0) is 4.79 Å². The SMILES string of the molecule is CSN(C)C(C)(C)C(=O)NC1C(C)CC2CC1CC(C)(O)C2.Clc1ccccc1Cl. The summed E-state index contributed by atoms with van der Waals surface area (Å²) in [5.41, 5.74) is -1.10. The molecule has 1 amide bonds. The number of halogens is 2. The van der Waals surface area contributed by atoms with Crippen LogP contribution in [0.15, 0.2) is 24.3 Å². The molecule has 0 radical (unpaired) electrons. The molecule has 3 rings (SSSR count). The summed E-state index contributed by atoms with van der Waals surface area (Å²) in [6, 6.07) is 7.38. The van der Waals surface area contributed by atoms with E-state index >= 15 is 0 Å². The molecule has 0 saturated heterocycles. The minimum Gasteiger partial charge on any atom is -0.390 e. The molecule has 4 nitrogen and oxygen atoms in total. The van der Waals surface area contributed by atoms with Gasteiger partial charge in [-0.05, 0) is 89.6 Å². The van der Waals surface area contributed by atoms with Gasteiger partial charge in [-0.3, -0.25) is 4.79 Å². The van der Waals surface area contributed by atoms with E-state index in [0.29, 0.717) is 27.8 Å². The number of rotatable bonds is 4. The maximum atomic E-state index is 12.8. The van der Waals surface area contributed by atoms with E-state index in [1.165, 1.54) is 0 Å². The van der Waals surface area contributed by atoms with Crippen LogP contribution in [0.1, 0.15) is 53.4 Å². The fraction of sp³-hybridized carbons (Fsp3) is 0.696. The zero-order valence-corrected chi connectivity index (χ0v) is 21.2. The third-order valence-corrected chi connectivity index (χ3v) is 8.39. The highest BCUT2D eigenvalue weighted by Gasteiger charge is 2.46. The molecule has 2 aliphatic carbocycles. The minimum absolute atomic E-state index is 0.0878. The van der Waals surface area contributed by atoms with Gasteiger partial charge in [0.15, 0.2) is 0 Å². The van der Waals surface area contributed by atoms with Gasteiger partial charge in [0.2, 0.25) is 5.91 Å². The van der Waals surface area contributed by atoms with Crippen molar-refractivity contribution in [3.8, 4) is 0 Å². The number of fused-ring (bicyclic) bond motifs is 2. The lowest BCUT2D eigenvalue weighted by atomic mass is 9.61. The van der Waals surface area contributed by atoms with Crippen LogP contribution in [0.2, 0.25) is 10.0 Å². The smallest absolute Gasteiger partial charge is 0.241 e. The third-order valence-electron chi connectivity index (χ3n) is 6.63. The molecule has 1 aromatic carbocycles. The maximum Gasteiger partial charge on any atom is 0.241 e. The Morgan fingerprint density at radius 1 is 1.23 bits per heavy atom. The van der Waals surface area contributed by atoms with Crippen molar-refractivity contribution in [2.45, 2.75) is 70.6 Å². The average Bonchev–Trinajstić information content (AvgIpc) is 2.65. The van der Waals surface area contributed by atoms with Gasteiger partial charge in [0.25, 0.3) is 0 Å². The van der Waals surface area contributed by atoms with E-state index in [-0.39, 0.29) is 11.9 Å². The van der Waals surface area contributed by atoms with E-state index in [1.54, 1.807) is 24.1 Å². The van der Waals surface area contributed by atoms with Crippen molar-refractivity contribution in [1.29, 1.82) is 0 Å². The number of carbonyl (C=O) groups is 1. The Bertz CT molecular complexity index is 706. The highest BCUT2D eigenvalue weighted by molar-refractivity contribution is 7.96. The molecule has 0 aliphatic heterocycles. The number of benzene rings is 1. The Morgan fingerprint density at radius 3 is 2.30 bits per heavy atom. The van der Waals surface area contributed by atoms with Gasteiger partial charge in [-0.1, -0.05) is 54.2 Å². The monoisotopic (exact) mass is 474 g/mol. The Balaban J connectivity index is 0.000000335. The summed E-state index contributed by atoms with van der Waals surface area (Å²) in [5, 5.41) is 15.0. The number of amides is 1. The van der Waals surface area contributed by atoms with E-state index in [1.807, 2.05) is 50.5 Å². The van der Waals surface area contributed by atoms with Gasteiger partial charge >= 0.3 is 0 Å². The van der Waals surface area contributed by atoms with Crippen LogP contribution in [-0.4, -0.2) is 45.8 Å². The fourth-order valence-electron chi connectivity index (χ4n) is 4.85. The van der Waals surface area contributed by atoms with Crippen molar-refractivity contribution in [3.63, 3.8) is 0 Å². The van der Waals surface area contributed by atoms with E-state index in [9.17, 15) is 9.90 Å². The first-order valence-corrected chi connectivity index (χ1v) is 12.5. The molecule has 0 heterocycles. The van der Waals surface area contributed by atoms with Gasteiger partial charge in [0.05, 0.1) is 15.6 Å². The number of carbonyl (C=O) groups excluding carboxylic acids is 1. The summed E-state index contributed by atoms with van der Waals surface area (Å²) in [6.07, 6.45) is 5.95. The molecule has 2 bridgehead atoms. The Labute approximate surface area is 196 Å². The van der Waals surface area contributed by atoms with E-state index in [2.05, 4.69) is 12.2 Å². The van der Waals surface area contributed by atoms with Gasteiger partial charge < -0.3 is 10.4 Å². The molecule has 2 N–H and O–H groups in total. The summed E-state index contributed by atoms with van der Waals surface area (Å²) < 4.78 is 2.00. The number of hydrogen-bond donors (Lipinski definition) is 2. The van der Waals surface area contributed by atoms with Gasteiger partial charge in [-0.2, -0.15) is 0 Å². The maximum absolute atomic E-state index is 12.8. The van der Waals surface area contributed by atoms with Gasteiger partial charge in [0.1, 0.15) is 5.54 Å². The highest BCUT2D eigenvalue weighted by atomic mass is 35.5. The van der Waals surface area contributed by atoms with E-state index < -0.39 is 11.1 Å². The molecule has 170 valence electrons. The molecule has 30 heavy (non-hydrogen) atoms. The second-order valence-corrected chi connectivity index (χ2v) is 11.4. The normalized spacial score (nSPS) is 31.0. The van der Waals surface area contributed by atoms with Crippen molar-refractivity contribution >= 4 is 41.1 Å². The van der Waals surface area contributed by atoms with Crippen LogP contribution in [0, 0.1) is 17.8 Å². The fourth-order valence-corrected chi connectivity index (χ4v) is 5.66. The number of hydrogen-bond acceptors (Lipinski definition) is 4. The molecule has 7 heteroatoms. The molecule has 5 atom stereocenters. The lowest BCUT2D eigenvalue weighted by Crippen LogP contribution is -2.59. The Morgan fingerprint density at radius 2 is 1.80 bits per heavy atom. The quantitative estimate of drug-likeness (QED) is 0.552. The van der Waals surface area contributed by atoms with Crippen LogP contribution in [0.25, 0.3) is 0 Å². The van der Waals surface area contributed by atoms with Crippen LogP contribution in [0.4, 0.5) is 0 Å². The average molecular weight is 476 g/mol. The van der Waals surface area contributed by atoms with Gasteiger partial charge in [-0.25, -0.2) is 4.31 Å². The molecule has 0 aromatic heterocycles. The first-order chi connectivity index (χ1) is 13.9. The number of nitrogens with zero attached hydrogens (tertiary/aromatic N) is 1. The summed E-state index contributed by atoms with van der Waals surface area (Å²) in [6.45, 7) is 8.13. The molecular weight excluding hydrogens is 439 g/mol. The van der Waals surface area contributed by atoms with Crippen LogP contribution >= 0.6 is 35.1 Å². The summed E-state index contributed by atoms with van der Waals surface area (Å²) in [4.78, 5) is 12.8. The largest absolute Gasteiger partial charge is 0.390 e. The van der Waals surface area contributed by atoms with Crippen LogP contribution < -0.4 is 5.32 Å². The van der Waals surface area contributed by atoms with Gasteiger partial charge in [0, 0.05) is 6.04 Å². The lowest BCUT2D eigenvalue weighted by Gasteiger charge is -2.50. The molecule has 5 unspecified atom stereocenters. The Hall–Kier alpha value is -0.460. The van der Waals surface area contributed by atoms with E-state index in [0.717, 1.165) is 25.7 Å². The minimum atomic E-state index is -0.567. The van der Waals surface area contributed by atoms with Crippen molar-refractivity contribution in [2.75, 3.05) is 13.3 Å². The first-order valence-electron chi connectivity index (χ1n) is 10.6. The molecule has 0 spiro atoms. The first kappa shape index (κ1) is 25.8. The zero-order chi connectivity index (χ0) is 22.7. The second-order valence-electron chi connectivity index (χ2n) is 9.63.